The van der Waals surface area contributed by atoms with Crippen LogP contribution in [0, 0.1) is 0 Å². The third-order valence-electron chi connectivity index (χ3n) is 14.1. The second-order valence-corrected chi connectivity index (χ2v) is 30.8. The largest absolute Gasteiger partial charge is 0.310 e. The Balaban J connectivity index is 1.11. The van der Waals surface area contributed by atoms with Crippen LogP contribution in [0.15, 0.2) is 194 Å². The van der Waals surface area contributed by atoms with Crippen LogP contribution in [0.1, 0.15) is 25.0 Å². The molecule has 0 fully saturated rings. The van der Waals surface area contributed by atoms with E-state index in [2.05, 4.69) is 257 Å². The molecule has 10 aromatic carbocycles. The molecule has 0 aromatic heterocycles. The Kier molecular flexibility index (Phi) is 9.58. The van der Waals surface area contributed by atoms with E-state index in [0.29, 0.717) is 0 Å². The number of fused-ring (bicyclic) bond motifs is 10. The number of anilines is 6. The number of hydrogen-bond donors (Lipinski definition) is 0. The van der Waals surface area contributed by atoms with Crippen molar-refractivity contribution in [2.45, 2.75) is 58.5 Å². The van der Waals surface area contributed by atoms with Gasteiger partial charge in [-0.15, -0.1) is 0 Å². The highest BCUT2D eigenvalue weighted by Gasteiger charge is 2.39. The molecule has 0 atom stereocenters. The Morgan fingerprint density at radius 3 is 1.31 bits per heavy atom. The number of benzene rings is 10. The molecule has 11 rings (SSSR count). The van der Waals surface area contributed by atoms with Crippen molar-refractivity contribution in [1.82, 2.24) is 0 Å². The Bertz CT molecular complexity index is 3470. The van der Waals surface area contributed by atoms with Crippen LogP contribution < -0.4 is 20.2 Å². The maximum absolute atomic E-state index is 2.49. The molecule has 318 valence electrons. The van der Waals surface area contributed by atoms with Gasteiger partial charge in [-0.1, -0.05) is 197 Å². The molecule has 10 aromatic rings. The van der Waals surface area contributed by atoms with Gasteiger partial charge in [0.25, 0.3) is 0 Å². The number of rotatable bonds is 8. The lowest BCUT2D eigenvalue weighted by atomic mass is 9.79. The summed E-state index contributed by atoms with van der Waals surface area (Å²) in [6.07, 6.45) is 0. The second kappa shape index (κ2) is 15.2. The van der Waals surface area contributed by atoms with Gasteiger partial charge in [0.05, 0.1) is 27.5 Å². The predicted octanol–water partition coefficient (Wildman–Crippen LogP) is 16.6. The lowest BCUT2D eigenvalue weighted by Gasteiger charge is -2.30. The van der Waals surface area contributed by atoms with E-state index in [9.17, 15) is 0 Å². The Morgan fingerprint density at radius 2 is 0.785 bits per heavy atom. The maximum atomic E-state index is 2.49. The van der Waals surface area contributed by atoms with Gasteiger partial charge in [-0.3, -0.25) is 0 Å². The zero-order valence-electron chi connectivity index (χ0n) is 38.9. The average molecular weight is 873 g/mol. The maximum Gasteiger partial charge on any atom is 0.0775 e. The molecule has 0 N–H and O–H groups in total. The molecule has 0 saturated carbocycles. The molecule has 0 spiro atoms. The minimum Gasteiger partial charge on any atom is -0.310 e. The first-order chi connectivity index (χ1) is 31.3. The molecular weight excluding hydrogens is 817 g/mol. The van der Waals surface area contributed by atoms with E-state index < -0.39 is 16.1 Å². The summed E-state index contributed by atoms with van der Waals surface area (Å²) < 4.78 is 0. The predicted molar refractivity (Wildman–Crippen MR) is 289 cm³/mol. The van der Waals surface area contributed by atoms with Crippen molar-refractivity contribution in [1.29, 1.82) is 0 Å². The molecule has 0 heterocycles. The van der Waals surface area contributed by atoms with E-state index in [1.165, 1.54) is 104 Å². The van der Waals surface area contributed by atoms with Crippen LogP contribution >= 0.6 is 0 Å². The van der Waals surface area contributed by atoms with Crippen molar-refractivity contribution >= 4 is 104 Å². The van der Waals surface area contributed by atoms with Gasteiger partial charge in [0.15, 0.2) is 0 Å². The van der Waals surface area contributed by atoms with Gasteiger partial charge in [-0.2, -0.15) is 0 Å². The third kappa shape index (κ3) is 6.81. The molecule has 4 heteroatoms. The fourth-order valence-corrected chi connectivity index (χ4v) is 13.0. The molecule has 0 unspecified atom stereocenters. The van der Waals surface area contributed by atoms with E-state index in [-0.39, 0.29) is 5.41 Å². The molecule has 1 aliphatic carbocycles. The summed E-state index contributed by atoms with van der Waals surface area (Å²) in [6, 6.07) is 73.3. The lowest BCUT2D eigenvalue weighted by molar-refractivity contribution is 0.666. The summed E-state index contributed by atoms with van der Waals surface area (Å²) in [5.41, 5.74) is 12.2. The van der Waals surface area contributed by atoms with Crippen LogP contribution in [0.3, 0.4) is 0 Å². The molecule has 0 amide bonds. The lowest BCUT2D eigenvalue weighted by Crippen LogP contribution is -2.37. The molecular formula is C61H56N2Si2. The summed E-state index contributed by atoms with van der Waals surface area (Å²) in [4.78, 5) is 4.96. The van der Waals surface area contributed by atoms with Gasteiger partial charge in [0, 0.05) is 38.9 Å². The van der Waals surface area contributed by atoms with E-state index in [1.807, 2.05) is 0 Å². The Hall–Kier alpha value is -6.73. The van der Waals surface area contributed by atoms with Crippen molar-refractivity contribution in [3.63, 3.8) is 0 Å². The normalized spacial score (nSPS) is 13.4. The third-order valence-corrected chi connectivity index (χ3v) is 18.2. The van der Waals surface area contributed by atoms with Crippen molar-refractivity contribution in [3.8, 4) is 11.1 Å². The summed E-state index contributed by atoms with van der Waals surface area (Å²) in [7, 11) is -2.99. The molecule has 0 bridgehead atoms. The minimum atomic E-state index is -1.50. The highest BCUT2D eigenvalue weighted by Crippen LogP contribution is 2.56. The smallest absolute Gasteiger partial charge is 0.0775 e. The van der Waals surface area contributed by atoms with Crippen LogP contribution in [-0.4, -0.2) is 16.1 Å². The number of nitrogens with zero attached hydrogens (tertiary/aromatic N) is 2. The summed E-state index contributed by atoms with van der Waals surface area (Å²) in [5.74, 6) is 0. The molecule has 1 aliphatic rings. The average Bonchev–Trinajstić information content (AvgIpc) is 3.55. The fourth-order valence-electron chi connectivity index (χ4n) is 10.7. The standard InChI is InChI=1S/C61H56N2Si2/c1-61(2)56-40-46(63(44-29-35-48(36-30-44)65(6,7)8)58-26-16-20-42-18-10-12-22-50(42)58)32-38-54(56)59-52-24-14-13-23-51(52)55-39-45(31-37-53(55)60(59)61)62(43-27-33-47(34-28-43)64(3,4)5)57-25-15-19-41-17-9-11-21-49(41)57/h9-40H,1-8H3. The van der Waals surface area contributed by atoms with Crippen molar-refractivity contribution in [2.75, 3.05) is 9.80 Å². The quantitative estimate of drug-likeness (QED) is 0.111. The first kappa shape index (κ1) is 41.0. The van der Waals surface area contributed by atoms with E-state index >= 15 is 0 Å². The van der Waals surface area contributed by atoms with Gasteiger partial charge >= 0.3 is 0 Å². The topological polar surface area (TPSA) is 6.48 Å². The van der Waals surface area contributed by atoms with Crippen molar-refractivity contribution in [3.05, 3.63) is 205 Å². The zero-order valence-corrected chi connectivity index (χ0v) is 40.9. The van der Waals surface area contributed by atoms with Crippen LogP contribution in [0.5, 0.6) is 0 Å². The minimum absolute atomic E-state index is 0.279. The summed E-state index contributed by atoms with van der Waals surface area (Å²) >= 11 is 0. The Morgan fingerprint density at radius 1 is 0.354 bits per heavy atom. The van der Waals surface area contributed by atoms with Crippen LogP contribution in [0.25, 0.3) is 54.2 Å². The van der Waals surface area contributed by atoms with Crippen LogP contribution in [0.2, 0.25) is 39.3 Å². The highest BCUT2D eigenvalue weighted by atomic mass is 28.3. The van der Waals surface area contributed by atoms with Crippen molar-refractivity contribution in [2.24, 2.45) is 0 Å². The van der Waals surface area contributed by atoms with Gasteiger partial charge in [-0.05, 0) is 115 Å². The van der Waals surface area contributed by atoms with Gasteiger partial charge in [-0.25, -0.2) is 0 Å². The summed E-state index contributed by atoms with van der Waals surface area (Å²) in [5, 5.41) is 13.0. The molecule has 0 saturated heterocycles. The first-order valence-electron chi connectivity index (χ1n) is 23.2. The van der Waals surface area contributed by atoms with Gasteiger partial charge in [0.1, 0.15) is 0 Å². The molecule has 2 nitrogen and oxygen atoms in total. The molecule has 0 radical (unpaired) electrons. The zero-order chi connectivity index (χ0) is 44.8. The molecule has 65 heavy (non-hydrogen) atoms. The summed E-state index contributed by atoms with van der Waals surface area (Å²) in [6.45, 7) is 19.4. The highest BCUT2D eigenvalue weighted by molar-refractivity contribution is 6.89. The van der Waals surface area contributed by atoms with Gasteiger partial charge in [0.2, 0.25) is 0 Å². The molecule has 0 aliphatic heterocycles. The van der Waals surface area contributed by atoms with Gasteiger partial charge < -0.3 is 9.80 Å². The Labute approximate surface area is 386 Å². The second-order valence-electron chi connectivity index (χ2n) is 20.6. The van der Waals surface area contributed by atoms with Crippen LogP contribution in [-0.2, 0) is 5.41 Å². The van der Waals surface area contributed by atoms with Crippen molar-refractivity contribution < 1.29 is 0 Å². The van der Waals surface area contributed by atoms with E-state index in [4.69, 9.17) is 0 Å². The fraction of sp³-hybridized carbons (Fsp3) is 0.148. The van der Waals surface area contributed by atoms with Crippen LogP contribution in [0.4, 0.5) is 34.1 Å². The van der Waals surface area contributed by atoms with E-state index in [0.717, 1.165) is 5.69 Å². The first-order valence-corrected chi connectivity index (χ1v) is 30.2. The monoisotopic (exact) mass is 872 g/mol. The van der Waals surface area contributed by atoms with E-state index in [1.54, 1.807) is 0 Å². The SMILES string of the molecule is CC1(C)c2cc(N(c3ccc([Si](C)(C)C)cc3)c3cccc4ccccc34)ccc2-c2c1c1ccc(N(c3ccc([Si](C)(C)C)cc3)c3cccc4ccccc34)cc1c1ccccc21. The number of hydrogen-bond acceptors (Lipinski definition) is 2.